The van der Waals surface area contributed by atoms with Gasteiger partial charge in [-0.2, -0.15) is 4.72 Å². The summed E-state index contributed by atoms with van der Waals surface area (Å²) in [7, 11) is -1.13. The third kappa shape index (κ3) is 4.60. The molecule has 7 nitrogen and oxygen atoms in total. The SMILES string of the molecule is CCCC[C@H](NS(=O)(=O)c1ccc(OC)c(OC)c1)C(=O)O. The van der Waals surface area contributed by atoms with Gasteiger partial charge in [-0.1, -0.05) is 19.8 Å². The van der Waals surface area contributed by atoms with Crippen molar-refractivity contribution in [2.75, 3.05) is 14.2 Å². The second kappa shape index (κ2) is 8.00. The smallest absolute Gasteiger partial charge is 0.321 e. The van der Waals surface area contributed by atoms with Crippen LogP contribution in [0.2, 0.25) is 0 Å². The van der Waals surface area contributed by atoms with Gasteiger partial charge in [-0.15, -0.1) is 0 Å². The van der Waals surface area contributed by atoms with Crippen molar-refractivity contribution in [3.05, 3.63) is 18.2 Å². The zero-order chi connectivity index (χ0) is 16.8. The Morgan fingerprint density at radius 2 is 1.91 bits per heavy atom. The Bertz CT molecular complexity index is 614. The minimum atomic E-state index is -3.96. The summed E-state index contributed by atoms with van der Waals surface area (Å²) >= 11 is 0. The number of ether oxygens (including phenoxy) is 2. The number of rotatable bonds is 9. The minimum Gasteiger partial charge on any atom is -0.493 e. The van der Waals surface area contributed by atoms with Gasteiger partial charge in [0.1, 0.15) is 6.04 Å². The fourth-order valence-electron chi connectivity index (χ4n) is 1.88. The van der Waals surface area contributed by atoms with Gasteiger partial charge < -0.3 is 14.6 Å². The van der Waals surface area contributed by atoms with Crippen molar-refractivity contribution in [2.45, 2.75) is 37.1 Å². The lowest BCUT2D eigenvalue weighted by molar-refractivity contribution is -0.139. The summed E-state index contributed by atoms with van der Waals surface area (Å²) in [6.45, 7) is 1.90. The molecule has 1 aromatic carbocycles. The number of nitrogens with one attached hydrogen (secondary N) is 1. The van der Waals surface area contributed by atoms with Crippen molar-refractivity contribution in [3.8, 4) is 11.5 Å². The molecule has 8 heteroatoms. The summed E-state index contributed by atoms with van der Waals surface area (Å²) in [6.07, 6.45) is 1.63. The zero-order valence-corrected chi connectivity index (χ0v) is 13.6. The van der Waals surface area contributed by atoms with E-state index in [2.05, 4.69) is 4.72 Å². The monoisotopic (exact) mass is 331 g/mol. The van der Waals surface area contributed by atoms with E-state index in [0.717, 1.165) is 6.42 Å². The highest BCUT2D eigenvalue weighted by Crippen LogP contribution is 2.29. The van der Waals surface area contributed by atoms with Gasteiger partial charge in [-0.05, 0) is 18.6 Å². The Morgan fingerprint density at radius 1 is 1.27 bits per heavy atom. The maximum absolute atomic E-state index is 12.3. The first-order valence-corrected chi connectivity index (χ1v) is 8.31. The Balaban J connectivity index is 3.04. The highest BCUT2D eigenvalue weighted by molar-refractivity contribution is 7.89. The highest BCUT2D eigenvalue weighted by atomic mass is 32.2. The maximum atomic E-state index is 12.3. The number of hydrogen-bond acceptors (Lipinski definition) is 5. The summed E-state index contributed by atoms with van der Waals surface area (Å²) in [6, 6.07) is 2.93. The third-order valence-corrected chi connectivity index (χ3v) is 4.58. The molecule has 0 spiro atoms. The molecular weight excluding hydrogens is 310 g/mol. The molecule has 0 heterocycles. The Kier molecular flexibility index (Phi) is 6.63. The van der Waals surface area contributed by atoms with Crippen LogP contribution in [-0.4, -0.2) is 39.8 Å². The van der Waals surface area contributed by atoms with E-state index >= 15 is 0 Å². The molecule has 0 saturated carbocycles. The molecule has 0 amide bonds. The van der Waals surface area contributed by atoms with Crippen LogP contribution < -0.4 is 14.2 Å². The molecule has 0 aliphatic heterocycles. The molecule has 0 bridgehead atoms. The highest BCUT2D eigenvalue weighted by Gasteiger charge is 2.25. The predicted octanol–water partition coefficient (Wildman–Crippen LogP) is 1.63. The Labute approximate surface area is 130 Å². The predicted molar refractivity (Wildman–Crippen MR) is 80.8 cm³/mol. The number of carboxylic acids is 1. The van der Waals surface area contributed by atoms with E-state index in [1.54, 1.807) is 0 Å². The van der Waals surface area contributed by atoms with Crippen LogP contribution >= 0.6 is 0 Å². The third-order valence-electron chi connectivity index (χ3n) is 3.11. The fraction of sp³-hybridized carbons (Fsp3) is 0.500. The van der Waals surface area contributed by atoms with E-state index in [0.29, 0.717) is 12.2 Å². The number of hydrogen-bond donors (Lipinski definition) is 2. The van der Waals surface area contributed by atoms with E-state index < -0.39 is 22.0 Å². The molecule has 0 aliphatic carbocycles. The average Bonchev–Trinajstić information content (AvgIpc) is 2.50. The van der Waals surface area contributed by atoms with E-state index in [4.69, 9.17) is 14.6 Å². The lowest BCUT2D eigenvalue weighted by Crippen LogP contribution is -2.40. The molecule has 124 valence electrons. The maximum Gasteiger partial charge on any atom is 0.321 e. The first-order chi connectivity index (χ1) is 10.4. The molecule has 0 saturated heterocycles. The average molecular weight is 331 g/mol. The van der Waals surface area contributed by atoms with Gasteiger partial charge in [0.05, 0.1) is 19.1 Å². The number of methoxy groups -OCH3 is 2. The summed E-state index contributed by atoms with van der Waals surface area (Å²) in [5.41, 5.74) is 0. The topological polar surface area (TPSA) is 102 Å². The van der Waals surface area contributed by atoms with Gasteiger partial charge in [-0.25, -0.2) is 8.42 Å². The molecule has 1 aromatic rings. The molecular formula is C14H21NO6S. The van der Waals surface area contributed by atoms with Crippen molar-refractivity contribution in [2.24, 2.45) is 0 Å². The Hall–Kier alpha value is -1.80. The first-order valence-electron chi connectivity index (χ1n) is 6.82. The summed E-state index contributed by atoms with van der Waals surface area (Å²) in [5.74, 6) is -0.550. The molecule has 0 radical (unpaired) electrons. The van der Waals surface area contributed by atoms with E-state index in [1.165, 1.54) is 32.4 Å². The van der Waals surface area contributed by atoms with Gasteiger partial charge in [-0.3, -0.25) is 4.79 Å². The number of unbranched alkanes of at least 4 members (excludes halogenated alkanes) is 1. The van der Waals surface area contributed by atoms with E-state index in [-0.39, 0.29) is 17.1 Å². The van der Waals surface area contributed by atoms with Gasteiger partial charge in [0.2, 0.25) is 10.0 Å². The van der Waals surface area contributed by atoms with Gasteiger partial charge in [0.25, 0.3) is 0 Å². The second-order valence-corrected chi connectivity index (χ2v) is 6.39. The summed E-state index contributed by atoms with van der Waals surface area (Å²) < 4.78 is 36.9. The fourth-order valence-corrected chi connectivity index (χ4v) is 3.12. The van der Waals surface area contributed by atoms with Crippen molar-refractivity contribution in [1.29, 1.82) is 0 Å². The number of carbonyl (C=O) groups is 1. The van der Waals surface area contributed by atoms with E-state index in [1.807, 2.05) is 6.92 Å². The zero-order valence-electron chi connectivity index (χ0n) is 12.8. The van der Waals surface area contributed by atoms with Gasteiger partial charge >= 0.3 is 5.97 Å². The molecule has 1 atom stereocenters. The molecule has 1 rings (SSSR count). The van der Waals surface area contributed by atoms with Crippen LogP contribution in [0.25, 0.3) is 0 Å². The van der Waals surface area contributed by atoms with Crippen LogP contribution in [0.4, 0.5) is 0 Å². The number of carboxylic acid groups (broad SMARTS) is 1. The lowest BCUT2D eigenvalue weighted by atomic mass is 10.1. The molecule has 0 fully saturated rings. The molecule has 0 aromatic heterocycles. The van der Waals surface area contributed by atoms with Gasteiger partial charge in [0, 0.05) is 6.07 Å². The summed E-state index contributed by atoms with van der Waals surface area (Å²) in [4.78, 5) is 11.1. The first kappa shape index (κ1) is 18.2. The largest absolute Gasteiger partial charge is 0.493 e. The van der Waals surface area contributed by atoms with Crippen LogP contribution in [0.1, 0.15) is 26.2 Å². The van der Waals surface area contributed by atoms with Crippen LogP contribution in [-0.2, 0) is 14.8 Å². The van der Waals surface area contributed by atoms with Crippen molar-refractivity contribution < 1.29 is 27.8 Å². The van der Waals surface area contributed by atoms with Crippen molar-refractivity contribution in [3.63, 3.8) is 0 Å². The van der Waals surface area contributed by atoms with Crippen LogP contribution in [0.5, 0.6) is 11.5 Å². The van der Waals surface area contributed by atoms with Crippen molar-refractivity contribution >= 4 is 16.0 Å². The molecule has 22 heavy (non-hydrogen) atoms. The minimum absolute atomic E-state index is 0.0760. The number of sulfonamides is 1. The summed E-state index contributed by atoms with van der Waals surface area (Å²) in [5, 5.41) is 9.12. The van der Waals surface area contributed by atoms with Crippen LogP contribution in [0.15, 0.2) is 23.1 Å². The molecule has 0 aliphatic rings. The number of aliphatic carboxylic acids is 1. The van der Waals surface area contributed by atoms with E-state index in [9.17, 15) is 13.2 Å². The Morgan fingerprint density at radius 3 is 2.41 bits per heavy atom. The van der Waals surface area contributed by atoms with Gasteiger partial charge in [0.15, 0.2) is 11.5 Å². The lowest BCUT2D eigenvalue weighted by Gasteiger charge is -2.15. The second-order valence-electron chi connectivity index (χ2n) is 4.67. The van der Waals surface area contributed by atoms with Crippen LogP contribution in [0.3, 0.4) is 0 Å². The molecule has 0 unspecified atom stereocenters. The number of benzene rings is 1. The van der Waals surface area contributed by atoms with Crippen LogP contribution in [0, 0.1) is 0 Å². The normalized spacial score (nSPS) is 12.7. The standard InChI is InChI=1S/C14H21NO6S/c1-4-5-6-11(14(16)17)15-22(18,19)10-7-8-12(20-2)13(9-10)21-3/h7-9,11,15H,4-6H2,1-3H3,(H,16,17)/t11-/m0/s1. The van der Waals surface area contributed by atoms with Crippen molar-refractivity contribution in [1.82, 2.24) is 4.72 Å². The molecule has 2 N–H and O–H groups in total. The quantitative estimate of drug-likeness (QED) is 0.713.